The summed E-state index contributed by atoms with van der Waals surface area (Å²) >= 11 is 0. The topological polar surface area (TPSA) is 71.8 Å². The number of carbonyl (C=O) groups excluding carboxylic acids is 1. The minimum atomic E-state index is -0.262. The van der Waals surface area contributed by atoms with Crippen molar-refractivity contribution in [3.8, 4) is 0 Å². The predicted molar refractivity (Wildman–Crippen MR) is 79.0 cm³/mol. The normalized spacial score (nSPS) is 17.0. The van der Waals surface area contributed by atoms with Crippen molar-refractivity contribution >= 4 is 11.5 Å². The van der Waals surface area contributed by atoms with Crippen molar-refractivity contribution in [1.29, 1.82) is 0 Å². The lowest BCUT2D eigenvalue weighted by Gasteiger charge is -2.19. The fraction of sp³-hybridized carbons (Fsp3) is 0.133. The molecule has 0 aromatic carbocycles. The van der Waals surface area contributed by atoms with Gasteiger partial charge in [-0.1, -0.05) is 12.1 Å². The maximum absolute atomic E-state index is 12.0. The molecule has 3 heterocycles. The number of nitrogens with zero attached hydrogens (tertiary/aromatic N) is 3. The molecule has 0 aliphatic carbocycles. The summed E-state index contributed by atoms with van der Waals surface area (Å²) in [4.78, 5) is 20.3. The molecule has 0 saturated carbocycles. The lowest BCUT2D eigenvalue weighted by atomic mass is 10.1. The summed E-state index contributed by atoms with van der Waals surface area (Å²) in [7, 11) is 1.78. The minimum Gasteiger partial charge on any atom is -0.367 e. The Bertz CT molecular complexity index is 702. The number of aromatic nitrogens is 3. The van der Waals surface area contributed by atoms with Gasteiger partial charge in [0.15, 0.2) is 5.82 Å². The van der Waals surface area contributed by atoms with Crippen molar-refractivity contribution in [3.05, 3.63) is 66.7 Å². The molecule has 106 valence electrons. The van der Waals surface area contributed by atoms with Crippen LogP contribution in [0.2, 0.25) is 0 Å². The molecular weight excluding hydrogens is 266 g/mol. The van der Waals surface area contributed by atoms with Crippen LogP contribution in [-0.2, 0) is 7.05 Å². The maximum Gasteiger partial charge on any atom is 0.289 e. The van der Waals surface area contributed by atoms with Crippen LogP contribution in [0.3, 0.4) is 0 Å². The van der Waals surface area contributed by atoms with Gasteiger partial charge in [-0.05, 0) is 18.2 Å². The zero-order chi connectivity index (χ0) is 14.7. The molecule has 1 unspecified atom stereocenters. The van der Waals surface area contributed by atoms with Crippen LogP contribution in [0.25, 0.3) is 5.57 Å². The van der Waals surface area contributed by atoms with E-state index in [0.29, 0.717) is 5.82 Å². The van der Waals surface area contributed by atoms with Gasteiger partial charge in [-0.15, -0.1) is 0 Å². The van der Waals surface area contributed by atoms with Gasteiger partial charge in [0.05, 0.1) is 5.69 Å². The van der Waals surface area contributed by atoms with Crippen LogP contribution in [0.1, 0.15) is 16.3 Å². The molecule has 1 amide bonds. The molecule has 2 aromatic rings. The molecule has 0 bridgehead atoms. The van der Waals surface area contributed by atoms with E-state index < -0.39 is 0 Å². The largest absolute Gasteiger partial charge is 0.367 e. The fourth-order valence-corrected chi connectivity index (χ4v) is 2.06. The second-order valence-electron chi connectivity index (χ2n) is 4.65. The number of aryl methyl sites for hydroxylation is 1. The Labute approximate surface area is 122 Å². The summed E-state index contributed by atoms with van der Waals surface area (Å²) < 4.78 is 1.68. The number of nitrogens with one attached hydrogen (secondary N) is 2. The van der Waals surface area contributed by atoms with Gasteiger partial charge in [0.1, 0.15) is 6.17 Å². The summed E-state index contributed by atoms with van der Waals surface area (Å²) in [6.45, 7) is 0. The van der Waals surface area contributed by atoms with Crippen LogP contribution >= 0.6 is 0 Å². The van der Waals surface area contributed by atoms with Crippen LogP contribution in [0.15, 0.2) is 55.1 Å². The number of pyridine rings is 1. The highest BCUT2D eigenvalue weighted by Crippen LogP contribution is 2.14. The van der Waals surface area contributed by atoms with Crippen molar-refractivity contribution in [3.63, 3.8) is 0 Å². The zero-order valence-electron chi connectivity index (χ0n) is 11.5. The Morgan fingerprint density at radius 1 is 1.33 bits per heavy atom. The van der Waals surface area contributed by atoms with Crippen molar-refractivity contribution in [2.45, 2.75) is 6.17 Å². The molecule has 0 radical (unpaired) electrons. The molecule has 2 N–H and O–H groups in total. The SMILES string of the molecule is Cn1ccnc1C(=O)NC1C=CC(c2ccccn2)=CN1. The molecular formula is C15H15N5O. The first kappa shape index (κ1) is 13.1. The van der Waals surface area contributed by atoms with Crippen LogP contribution in [-0.4, -0.2) is 26.6 Å². The third-order valence-corrected chi connectivity index (χ3v) is 3.16. The van der Waals surface area contributed by atoms with Gasteiger partial charge in [-0.2, -0.15) is 0 Å². The standard InChI is InChI=1S/C15H15N5O/c1-20-9-8-17-14(20)15(21)19-13-6-5-11(10-18-13)12-4-2-3-7-16-12/h2-10,13,18H,1H3,(H,19,21). The van der Waals surface area contributed by atoms with Crippen molar-refractivity contribution in [2.24, 2.45) is 7.05 Å². The molecule has 0 saturated heterocycles. The summed E-state index contributed by atoms with van der Waals surface area (Å²) in [6, 6.07) is 5.75. The Morgan fingerprint density at radius 2 is 2.24 bits per heavy atom. The summed E-state index contributed by atoms with van der Waals surface area (Å²) in [5.41, 5.74) is 1.85. The monoisotopic (exact) mass is 281 g/mol. The molecule has 6 heteroatoms. The molecule has 0 fully saturated rings. The van der Waals surface area contributed by atoms with Gasteiger partial charge in [0, 0.05) is 37.4 Å². The highest BCUT2D eigenvalue weighted by molar-refractivity contribution is 5.91. The van der Waals surface area contributed by atoms with Crippen molar-refractivity contribution in [2.75, 3.05) is 0 Å². The Kier molecular flexibility index (Phi) is 3.51. The van der Waals surface area contributed by atoms with Gasteiger partial charge < -0.3 is 15.2 Å². The fourth-order valence-electron chi connectivity index (χ4n) is 2.06. The van der Waals surface area contributed by atoms with Gasteiger partial charge in [-0.25, -0.2) is 4.98 Å². The van der Waals surface area contributed by atoms with Crippen LogP contribution in [0, 0.1) is 0 Å². The van der Waals surface area contributed by atoms with Crippen LogP contribution < -0.4 is 10.6 Å². The van der Waals surface area contributed by atoms with E-state index in [4.69, 9.17) is 0 Å². The van der Waals surface area contributed by atoms with E-state index in [0.717, 1.165) is 11.3 Å². The van der Waals surface area contributed by atoms with E-state index in [1.165, 1.54) is 0 Å². The number of rotatable bonds is 3. The number of allylic oxidation sites excluding steroid dienone is 2. The molecule has 6 nitrogen and oxygen atoms in total. The number of imidazole rings is 1. The lowest BCUT2D eigenvalue weighted by molar-refractivity contribution is 0.0927. The highest BCUT2D eigenvalue weighted by Gasteiger charge is 2.16. The van der Waals surface area contributed by atoms with E-state index in [2.05, 4.69) is 20.6 Å². The van der Waals surface area contributed by atoms with E-state index in [-0.39, 0.29) is 12.1 Å². The molecule has 2 aromatic heterocycles. The maximum atomic E-state index is 12.0. The summed E-state index contributed by atoms with van der Waals surface area (Å²) in [5, 5.41) is 5.97. The van der Waals surface area contributed by atoms with Gasteiger partial charge in [-0.3, -0.25) is 9.78 Å². The van der Waals surface area contributed by atoms with Crippen molar-refractivity contribution < 1.29 is 4.79 Å². The molecule has 3 rings (SSSR count). The Hall–Kier alpha value is -2.89. The number of dihydropyridines is 1. The summed E-state index contributed by atoms with van der Waals surface area (Å²) in [5.74, 6) is 0.157. The third kappa shape index (κ3) is 2.84. The third-order valence-electron chi connectivity index (χ3n) is 3.16. The summed E-state index contributed by atoms with van der Waals surface area (Å²) in [6.07, 6.45) is 10.5. The van der Waals surface area contributed by atoms with Crippen molar-refractivity contribution in [1.82, 2.24) is 25.2 Å². The van der Waals surface area contributed by atoms with Gasteiger partial charge in [0.25, 0.3) is 5.91 Å². The Morgan fingerprint density at radius 3 is 2.86 bits per heavy atom. The van der Waals surface area contributed by atoms with E-state index >= 15 is 0 Å². The molecule has 1 aliphatic rings. The highest BCUT2D eigenvalue weighted by atomic mass is 16.2. The van der Waals surface area contributed by atoms with E-state index in [1.807, 2.05) is 36.6 Å². The number of hydrogen-bond donors (Lipinski definition) is 2. The van der Waals surface area contributed by atoms with E-state index in [9.17, 15) is 4.79 Å². The second-order valence-corrected chi connectivity index (χ2v) is 4.65. The minimum absolute atomic E-state index is 0.223. The van der Waals surface area contributed by atoms with Gasteiger partial charge >= 0.3 is 0 Å². The smallest absolute Gasteiger partial charge is 0.289 e. The van der Waals surface area contributed by atoms with E-state index in [1.54, 1.807) is 30.2 Å². The first-order valence-electron chi connectivity index (χ1n) is 6.58. The van der Waals surface area contributed by atoms with Crippen LogP contribution in [0.5, 0.6) is 0 Å². The molecule has 1 atom stereocenters. The second kappa shape index (κ2) is 5.62. The number of carbonyl (C=O) groups is 1. The number of amides is 1. The molecule has 1 aliphatic heterocycles. The van der Waals surface area contributed by atoms with Gasteiger partial charge in [0.2, 0.25) is 0 Å². The Balaban J connectivity index is 1.64. The molecule has 21 heavy (non-hydrogen) atoms. The first-order valence-corrected chi connectivity index (χ1v) is 6.58. The predicted octanol–water partition coefficient (Wildman–Crippen LogP) is 1.07. The average Bonchev–Trinajstić information content (AvgIpc) is 2.95. The first-order chi connectivity index (χ1) is 10.2. The molecule has 0 spiro atoms. The quantitative estimate of drug-likeness (QED) is 0.883. The van der Waals surface area contributed by atoms with Crippen LogP contribution in [0.4, 0.5) is 0 Å². The lowest BCUT2D eigenvalue weighted by Crippen LogP contribution is -2.43. The number of hydrogen-bond acceptors (Lipinski definition) is 4. The zero-order valence-corrected chi connectivity index (χ0v) is 11.5. The average molecular weight is 281 g/mol.